The predicted octanol–water partition coefficient (Wildman–Crippen LogP) is 9.77. The third-order valence-corrected chi connectivity index (χ3v) is 10.9. The Kier molecular flexibility index (Phi) is 9.26. The van der Waals surface area contributed by atoms with Crippen molar-refractivity contribution in [3.63, 3.8) is 0 Å². The van der Waals surface area contributed by atoms with Crippen LogP contribution in [0.15, 0.2) is 115 Å². The summed E-state index contributed by atoms with van der Waals surface area (Å²) in [5.41, 5.74) is 7.09. The number of hydrogen-bond donors (Lipinski definition) is 1. The van der Waals surface area contributed by atoms with E-state index in [0.717, 1.165) is 53.2 Å². The highest BCUT2D eigenvalue weighted by Crippen LogP contribution is 2.50. The Labute approximate surface area is 316 Å². The molecule has 5 aromatic rings. The fraction of sp³-hybridized carbons (Fsp3) is 0.167. The second-order valence-electron chi connectivity index (χ2n) is 13.1. The van der Waals surface area contributed by atoms with Gasteiger partial charge in [-0.25, -0.2) is 9.69 Å². The first-order chi connectivity index (χ1) is 25.2. The molecule has 3 aliphatic rings. The summed E-state index contributed by atoms with van der Waals surface area (Å²) in [6, 6.07) is 33.9. The number of amides is 4. The van der Waals surface area contributed by atoms with E-state index in [-0.39, 0.29) is 29.0 Å². The Morgan fingerprint density at radius 3 is 1.96 bits per heavy atom. The zero-order valence-electron chi connectivity index (χ0n) is 27.8. The van der Waals surface area contributed by atoms with Crippen molar-refractivity contribution in [2.24, 2.45) is 0 Å². The molecule has 0 aromatic heterocycles. The summed E-state index contributed by atoms with van der Waals surface area (Å²) in [6.07, 6.45) is 3.23. The number of anilines is 2. The molecule has 2 atom stereocenters. The van der Waals surface area contributed by atoms with E-state index in [1.165, 1.54) is 17.2 Å². The Hall–Kier alpha value is -5.08. The van der Waals surface area contributed by atoms with Crippen LogP contribution in [0.25, 0.3) is 6.08 Å². The van der Waals surface area contributed by atoms with Gasteiger partial charge in [-0.05, 0) is 83.1 Å². The third-order valence-electron chi connectivity index (χ3n) is 10.0. The Morgan fingerprint density at radius 2 is 1.37 bits per heavy atom. The Bertz CT molecular complexity index is 2190. The van der Waals surface area contributed by atoms with E-state index in [0.29, 0.717) is 27.0 Å². The van der Waals surface area contributed by atoms with Crippen molar-refractivity contribution in [3.8, 4) is 5.75 Å². The number of imide groups is 2. The lowest BCUT2D eigenvalue weighted by Crippen LogP contribution is -2.54. The summed E-state index contributed by atoms with van der Waals surface area (Å²) >= 11 is 18.9. The molecular weight excluding hydrogens is 717 g/mol. The number of halogens is 3. The number of rotatable bonds is 7. The molecule has 0 unspecified atom stereocenters. The van der Waals surface area contributed by atoms with Crippen molar-refractivity contribution in [3.05, 3.63) is 163 Å². The largest absolute Gasteiger partial charge is 0.487 e. The highest BCUT2D eigenvalue weighted by atomic mass is 35.5. The quantitative estimate of drug-likeness (QED) is 0.133. The van der Waals surface area contributed by atoms with Gasteiger partial charge in [-0.3, -0.25) is 14.9 Å². The van der Waals surface area contributed by atoms with Crippen molar-refractivity contribution >= 4 is 70.1 Å². The van der Waals surface area contributed by atoms with Gasteiger partial charge in [0, 0.05) is 46.2 Å². The molecule has 52 heavy (non-hydrogen) atoms. The molecule has 0 bridgehead atoms. The molecule has 5 aromatic carbocycles. The van der Waals surface area contributed by atoms with Gasteiger partial charge in [0.25, 0.3) is 11.8 Å². The van der Waals surface area contributed by atoms with Crippen molar-refractivity contribution in [1.82, 2.24) is 5.32 Å². The zero-order chi connectivity index (χ0) is 35.9. The highest BCUT2D eigenvalue weighted by molar-refractivity contribution is 6.39. The maximum Gasteiger partial charge on any atom is 0.335 e. The molecular formula is C42H32Cl3N3O4. The lowest BCUT2D eigenvalue weighted by atomic mass is 9.76. The minimum Gasteiger partial charge on any atom is -0.487 e. The monoisotopic (exact) mass is 747 g/mol. The molecule has 8 rings (SSSR count). The van der Waals surface area contributed by atoms with Gasteiger partial charge in [-0.15, -0.1) is 0 Å². The molecule has 0 radical (unpaired) electrons. The summed E-state index contributed by atoms with van der Waals surface area (Å²) in [7, 11) is 0. The van der Waals surface area contributed by atoms with Crippen LogP contribution in [-0.2, 0) is 16.2 Å². The van der Waals surface area contributed by atoms with Gasteiger partial charge >= 0.3 is 6.03 Å². The molecule has 7 nitrogen and oxygen atoms in total. The lowest BCUT2D eigenvalue weighted by molar-refractivity contribution is -0.122. The lowest BCUT2D eigenvalue weighted by Gasteiger charge is -2.44. The number of barbiturate groups is 1. The van der Waals surface area contributed by atoms with Crippen molar-refractivity contribution in [2.75, 3.05) is 22.9 Å². The fourth-order valence-electron chi connectivity index (χ4n) is 7.55. The number of urea groups is 1. The molecule has 3 aliphatic heterocycles. The van der Waals surface area contributed by atoms with Gasteiger partial charge in [-0.1, -0.05) is 108 Å². The molecule has 1 N–H and O–H groups in total. The Morgan fingerprint density at radius 1 is 0.731 bits per heavy atom. The topological polar surface area (TPSA) is 79.0 Å². The molecule has 1 saturated heterocycles. The molecule has 1 fully saturated rings. The summed E-state index contributed by atoms with van der Waals surface area (Å²) in [6.45, 7) is 1.98. The van der Waals surface area contributed by atoms with E-state index in [1.807, 2.05) is 48.5 Å². The normalized spacial score (nSPS) is 19.1. The van der Waals surface area contributed by atoms with Crippen LogP contribution in [0, 0.1) is 0 Å². The molecule has 260 valence electrons. The average molecular weight is 749 g/mol. The maximum atomic E-state index is 14.3. The molecule has 0 aliphatic carbocycles. The minimum absolute atomic E-state index is 0.0684. The first kappa shape index (κ1) is 34.0. The number of carbonyl (C=O) groups excluding carboxylic acids is 3. The van der Waals surface area contributed by atoms with E-state index in [1.54, 1.807) is 36.4 Å². The van der Waals surface area contributed by atoms with Crippen LogP contribution in [0.1, 0.15) is 58.1 Å². The second kappa shape index (κ2) is 14.2. The number of ether oxygens (including phenoxy) is 1. The van der Waals surface area contributed by atoms with E-state index in [2.05, 4.69) is 34.5 Å². The van der Waals surface area contributed by atoms with Gasteiger partial charge in [-0.2, -0.15) is 0 Å². The van der Waals surface area contributed by atoms with E-state index < -0.39 is 17.8 Å². The number of hydrogen-bond acceptors (Lipinski definition) is 5. The smallest absolute Gasteiger partial charge is 0.335 e. The molecule has 0 saturated carbocycles. The summed E-state index contributed by atoms with van der Waals surface area (Å²) in [5.74, 6) is -0.970. The zero-order valence-corrected chi connectivity index (χ0v) is 30.1. The van der Waals surface area contributed by atoms with E-state index in [9.17, 15) is 14.4 Å². The van der Waals surface area contributed by atoms with Crippen molar-refractivity contribution in [2.45, 2.75) is 31.3 Å². The standard InChI is InChI=1S/C42H32Cl3N3O4/c43-29-13-12-28(36(44)21-29)24-52-38-14-11-25(20-37(38)45)19-35-40(49)46-42(51)48(41(35)50)30-22-33-31(26-7-3-1-4-8-26)15-17-47-18-16-32(34(23-30)39(33)47)27-9-5-2-6-10-27/h1-14,19-23,31-32H,15-18,24H2,(H,46,49,51)/b35-19+/t31-,32-/m1/s1. The van der Waals surface area contributed by atoms with Crippen LogP contribution in [0.2, 0.25) is 15.1 Å². The SMILES string of the molecule is O=C1NC(=O)N(c2cc3c4c(c2)[C@@H](c2ccccc2)CCN4CC[C@@H]3c2ccccc2)C(=O)/C1=C/c1ccc(OCc2ccc(Cl)cc2Cl)c(Cl)c1. The van der Waals surface area contributed by atoms with Gasteiger partial charge < -0.3 is 9.64 Å². The molecule has 3 heterocycles. The highest BCUT2D eigenvalue weighted by Gasteiger charge is 2.40. The van der Waals surface area contributed by atoms with Gasteiger partial charge in [0.1, 0.15) is 17.9 Å². The predicted molar refractivity (Wildman–Crippen MR) is 206 cm³/mol. The van der Waals surface area contributed by atoms with Crippen molar-refractivity contribution < 1.29 is 19.1 Å². The van der Waals surface area contributed by atoms with E-state index in [4.69, 9.17) is 39.5 Å². The van der Waals surface area contributed by atoms with Gasteiger partial charge in [0.15, 0.2) is 0 Å². The molecule has 0 spiro atoms. The van der Waals surface area contributed by atoms with Crippen LogP contribution in [0.5, 0.6) is 5.75 Å². The first-order valence-electron chi connectivity index (χ1n) is 17.1. The molecule has 10 heteroatoms. The minimum atomic E-state index is -0.794. The average Bonchev–Trinajstić information content (AvgIpc) is 3.14. The maximum absolute atomic E-state index is 14.3. The van der Waals surface area contributed by atoms with Crippen LogP contribution in [0.4, 0.5) is 16.2 Å². The van der Waals surface area contributed by atoms with Gasteiger partial charge in [0.05, 0.1) is 10.7 Å². The summed E-state index contributed by atoms with van der Waals surface area (Å²) < 4.78 is 5.90. The van der Waals surface area contributed by atoms with E-state index >= 15 is 0 Å². The van der Waals surface area contributed by atoms with Crippen LogP contribution in [-0.4, -0.2) is 30.9 Å². The Balaban J connectivity index is 1.16. The second-order valence-corrected chi connectivity index (χ2v) is 14.4. The number of nitrogens with zero attached hydrogens (tertiary/aromatic N) is 2. The van der Waals surface area contributed by atoms with Crippen LogP contribution < -0.4 is 19.9 Å². The third kappa shape index (κ3) is 6.45. The van der Waals surface area contributed by atoms with Crippen molar-refractivity contribution in [1.29, 1.82) is 0 Å². The molecule has 4 amide bonds. The first-order valence-corrected chi connectivity index (χ1v) is 18.2. The van der Waals surface area contributed by atoms with Gasteiger partial charge in [0.2, 0.25) is 0 Å². The number of nitrogens with one attached hydrogen (secondary N) is 1. The van der Waals surface area contributed by atoms with Crippen LogP contribution in [0.3, 0.4) is 0 Å². The number of benzene rings is 5. The summed E-state index contributed by atoms with van der Waals surface area (Å²) in [5, 5.41) is 3.66. The summed E-state index contributed by atoms with van der Waals surface area (Å²) in [4.78, 5) is 44.6. The number of carbonyl (C=O) groups is 3. The van der Waals surface area contributed by atoms with Crippen LogP contribution >= 0.6 is 34.8 Å². The fourth-order valence-corrected chi connectivity index (χ4v) is 8.25.